The molecule has 1 aromatic carbocycles. The first-order chi connectivity index (χ1) is 14.5. The number of rotatable bonds is 5. The van der Waals surface area contributed by atoms with Crippen molar-refractivity contribution in [1.29, 1.82) is 0 Å². The molecule has 0 spiro atoms. The van der Waals surface area contributed by atoms with E-state index in [4.69, 9.17) is 14.7 Å². The lowest BCUT2D eigenvalue weighted by molar-refractivity contribution is -0.117. The monoisotopic (exact) mass is 409 g/mol. The van der Waals surface area contributed by atoms with E-state index in [9.17, 15) is 4.79 Å². The number of benzene rings is 1. The highest BCUT2D eigenvalue weighted by molar-refractivity contribution is 5.92. The highest BCUT2D eigenvalue weighted by Crippen LogP contribution is 2.30. The van der Waals surface area contributed by atoms with Gasteiger partial charge < -0.3 is 15.0 Å². The van der Waals surface area contributed by atoms with Crippen LogP contribution in [0.25, 0.3) is 0 Å². The van der Waals surface area contributed by atoms with Crippen LogP contribution in [-0.4, -0.2) is 61.1 Å². The number of methoxy groups -OCH3 is 1. The molecule has 30 heavy (non-hydrogen) atoms. The Balaban J connectivity index is 1.40. The van der Waals surface area contributed by atoms with Gasteiger partial charge in [-0.3, -0.25) is 9.69 Å². The topological polar surface area (TPSA) is 70.6 Å². The van der Waals surface area contributed by atoms with Crippen LogP contribution < -0.4 is 15.0 Å². The summed E-state index contributed by atoms with van der Waals surface area (Å²) in [6.45, 7) is 5.28. The summed E-state index contributed by atoms with van der Waals surface area (Å²) in [5.74, 6) is 3.08. The van der Waals surface area contributed by atoms with Gasteiger partial charge in [0.2, 0.25) is 5.91 Å². The van der Waals surface area contributed by atoms with Gasteiger partial charge in [-0.15, -0.1) is 0 Å². The van der Waals surface area contributed by atoms with E-state index < -0.39 is 0 Å². The standard InChI is InChI=1S/C23H31N5O2/c1-16-20-7-5-12-27(2)23(20)26-22(24-16)17-6-4-13-28(14-17)15-21(29)25-18-8-10-19(30-3)11-9-18/h8-11,17H,4-7,12-15H2,1-3H3,(H,25,29). The van der Waals surface area contributed by atoms with E-state index in [1.807, 2.05) is 24.3 Å². The first-order valence-electron chi connectivity index (χ1n) is 10.8. The van der Waals surface area contributed by atoms with Crippen LogP contribution in [0.2, 0.25) is 0 Å². The molecule has 2 aliphatic heterocycles. The minimum Gasteiger partial charge on any atom is -0.497 e. The number of carbonyl (C=O) groups excluding carboxylic acids is 1. The maximum absolute atomic E-state index is 12.5. The van der Waals surface area contributed by atoms with Gasteiger partial charge in [-0.1, -0.05) is 0 Å². The minimum absolute atomic E-state index is 0.00286. The molecule has 1 fully saturated rings. The molecule has 0 radical (unpaired) electrons. The van der Waals surface area contributed by atoms with Crippen molar-refractivity contribution in [2.24, 2.45) is 0 Å². The van der Waals surface area contributed by atoms with Crippen molar-refractivity contribution in [1.82, 2.24) is 14.9 Å². The molecule has 0 bridgehead atoms. The molecule has 2 aromatic rings. The van der Waals surface area contributed by atoms with E-state index >= 15 is 0 Å². The van der Waals surface area contributed by atoms with Crippen LogP contribution >= 0.6 is 0 Å². The minimum atomic E-state index is 0.00286. The van der Waals surface area contributed by atoms with Crippen LogP contribution in [0.15, 0.2) is 24.3 Å². The molecule has 7 heteroatoms. The van der Waals surface area contributed by atoms with E-state index in [0.29, 0.717) is 6.54 Å². The Morgan fingerprint density at radius 2 is 2.00 bits per heavy atom. The van der Waals surface area contributed by atoms with Crippen molar-refractivity contribution in [3.63, 3.8) is 0 Å². The predicted molar refractivity (Wildman–Crippen MR) is 118 cm³/mol. The zero-order chi connectivity index (χ0) is 21.1. The van der Waals surface area contributed by atoms with Crippen molar-refractivity contribution in [2.75, 3.05) is 50.6 Å². The molecular weight excluding hydrogens is 378 g/mol. The van der Waals surface area contributed by atoms with E-state index in [0.717, 1.165) is 74.1 Å². The summed E-state index contributed by atoms with van der Waals surface area (Å²) in [5, 5.41) is 2.98. The van der Waals surface area contributed by atoms with Crippen LogP contribution in [-0.2, 0) is 11.2 Å². The molecule has 3 heterocycles. The second kappa shape index (κ2) is 9.00. The first-order valence-corrected chi connectivity index (χ1v) is 10.8. The van der Waals surface area contributed by atoms with Crippen molar-refractivity contribution < 1.29 is 9.53 Å². The van der Waals surface area contributed by atoms with Gasteiger partial charge in [-0.25, -0.2) is 9.97 Å². The average molecular weight is 410 g/mol. The van der Waals surface area contributed by atoms with Crippen molar-refractivity contribution in [2.45, 2.75) is 38.5 Å². The van der Waals surface area contributed by atoms with E-state index in [2.05, 4.69) is 29.1 Å². The number of piperidine rings is 1. The summed E-state index contributed by atoms with van der Waals surface area (Å²) in [6.07, 6.45) is 4.34. The number of hydrogen-bond acceptors (Lipinski definition) is 6. The zero-order valence-electron chi connectivity index (χ0n) is 18.1. The summed E-state index contributed by atoms with van der Waals surface area (Å²) in [5.41, 5.74) is 3.18. The Bertz CT molecular complexity index is 899. The highest BCUT2D eigenvalue weighted by Gasteiger charge is 2.27. The average Bonchev–Trinajstić information content (AvgIpc) is 2.75. The molecule has 1 amide bonds. The van der Waals surface area contributed by atoms with Crippen LogP contribution in [0.4, 0.5) is 11.5 Å². The maximum Gasteiger partial charge on any atom is 0.238 e. The fourth-order valence-corrected chi connectivity index (χ4v) is 4.48. The molecule has 160 valence electrons. The molecule has 2 aliphatic rings. The van der Waals surface area contributed by atoms with Crippen molar-refractivity contribution >= 4 is 17.4 Å². The van der Waals surface area contributed by atoms with Gasteiger partial charge in [-0.05, 0) is 63.4 Å². The molecular formula is C23H31N5O2. The molecule has 1 atom stereocenters. The van der Waals surface area contributed by atoms with E-state index in [1.54, 1.807) is 7.11 Å². The van der Waals surface area contributed by atoms with E-state index in [1.165, 1.54) is 5.56 Å². The smallest absolute Gasteiger partial charge is 0.238 e. The van der Waals surface area contributed by atoms with Gasteiger partial charge in [0, 0.05) is 43.0 Å². The summed E-state index contributed by atoms with van der Waals surface area (Å²) in [4.78, 5) is 26.8. The number of amides is 1. The number of nitrogens with one attached hydrogen (secondary N) is 1. The number of anilines is 2. The Morgan fingerprint density at radius 1 is 1.20 bits per heavy atom. The van der Waals surface area contributed by atoms with Crippen LogP contribution in [0.1, 0.15) is 42.3 Å². The predicted octanol–water partition coefficient (Wildman–Crippen LogP) is 2.99. The third-order valence-electron chi connectivity index (χ3n) is 6.10. The normalized spacial score (nSPS) is 19.3. The molecule has 1 aromatic heterocycles. The largest absolute Gasteiger partial charge is 0.497 e. The van der Waals surface area contributed by atoms with Gasteiger partial charge >= 0.3 is 0 Å². The molecule has 1 saturated heterocycles. The van der Waals surface area contributed by atoms with Crippen LogP contribution in [0.5, 0.6) is 5.75 Å². The highest BCUT2D eigenvalue weighted by atomic mass is 16.5. The summed E-state index contributed by atoms with van der Waals surface area (Å²) >= 11 is 0. The molecule has 7 nitrogen and oxygen atoms in total. The number of carbonyl (C=O) groups is 1. The van der Waals surface area contributed by atoms with Crippen LogP contribution in [0, 0.1) is 6.92 Å². The van der Waals surface area contributed by atoms with Crippen LogP contribution in [0.3, 0.4) is 0 Å². The molecule has 0 saturated carbocycles. The fraction of sp³-hybridized carbons (Fsp3) is 0.522. The van der Waals surface area contributed by atoms with Crippen molar-refractivity contribution in [3.05, 3.63) is 41.3 Å². The number of aromatic nitrogens is 2. The third-order valence-corrected chi connectivity index (χ3v) is 6.10. The lowest BCUT2D eigenvalue weighted by Gasteiger charge is -2.33. The van der Waals surface area contributed by atoms with Gasteiger partial charge in [0.1, 0.15) is 17.4 Å². The Kier molecular flexibility index (Phi) is 6.18. The number of nitrogens with zero attached hydrogens (tertiary/aromatic N) is 4. The quantitative estimate of drug-likeness (QED) is 0.819. The SMILES string of the molecule is COc1ccc(NC(=O)CN2CCCC(c3nc(C)c4c(n3)N(C)CCC4)C2)cc1. The molecule has 1 N–H and O–H groups in total. The van der Waals surface area contributed by atoms with Gasteiger partial charge in [0.15, 0.2) is 0 Å². The lowest BCUT2D eigenvalue weighted by Crippen LogP contribution is -2.40. The lowest BCUT2D eigenvalue weighted by atomic mass is 9.96. The van der Waals surface area contributed by atoms with E-state index in [-0.39, 0.29) is 11.8 Å². The summed E-state index contributed by atoms with van der Waals surface area (Å²) in [7, 11) is 3.75. The molecule has 4 rings (SSSR count). The maximum atomic E-state index is 12.5. The molecule has 1 unspecified atom stereocenters. The Hall–Kier alpha value is -2.67. The number of hydrogen-bond donors (Lipinski definition) is 1. The Morgan fingerprint density at radius 3 is 2.77 bits per heavy atom. The zero-order valence-corrected chi connectivity index (χ0v) is 18.1. The molecule has 0 aliphatic carbocycles. The number of aryl methyl sites for hydroxylation is 1. The Labute approximate surface area is 178 Å². The summed E-state index contributed by atoms with van der Waals surface area (Å²) < 4.78 is 5.16. The number of likely N-dealkylation sites (tertiary alicyclic amines) is 1. The summed E-state index contributed by atoms with van der Waals surface area (Å²) in [6, 6.07) is 7.41. The first kappa shape index (κ1) is 20.6. The van der Waals surface area contributed by atoms with Crippen molar-refractivity contribution in [3.8, 4) is 5.75 Å². The number of fused-ring (bicyclic) bond motifs is 1. The second-order valence-corrected chi connectivity index (χ2v) is 8.35. The number of ether oxygens (including phenoxy) is 1. The van der Waals surface area contributed by atoms with Gasteiger partial charge in [-0.2, -0.15) is 0 Å². The third kappa shape index (κ3) is 4.56. The fourth-order valence-electron chi connectivity index (χ4n) is 4.48. The second-order valence-electron chi connectivity index (χ2n) is 8.35. The van der Waals surface area contributed by atoms with Gasteiger partial charge in [0.25, 0.3) is 0 Å². The van der Waals surface area contributed by atoms with Gasteiger partial charge in [0.05, 0.1) is 13.7 Å².